The summed E-state index contributed by atoms with van der Waals surface area (Å²) in [4.78, 5) is 0. The van der Waals surface area contributed by atoms with Crippen LogP contribution in [-0.2, 0) is 6.54 Å². The molecule has 0 unspecified atom stereocenters. The van der Waals surface area contributed by atoms with E-state index in [1.165, 1.54) is 5.56 Å². The van der Waals surface area contributed by atoms with Crippen LogP contribution in [0, 0.1) is 0 Å². The van der Waals surface area contributed by atoms with Gasteiger partial charge >= 0.3 is 0 Å². The molecule has 21 heavy (non-hydrogen) atoms. The first-order valence-corrected chi connectivity index (χ1v) is 7.88. The Balaban J connectivity index is 1.71. The first-order chi connectivity index (χ1) is 10.3. The summed E-state index contributed by atoms with van der Waals surface area (Å²) in [6, 6.07) is 15.9. The van der Waals surface area contributed by atoms with Crippen molar-refractivity contribution in [1.82, 2.24) is 5.32 Å². The number of nitrogens with one attached hydrogen (secondary N) is 1. The van der Waals surface area contributed by atoms with E-state index >= 15 is 0 Å². The average Bonchev–Trinajstić information content (AvgIpc) is 2.51. The van der Waals surface area contributed by atoms with Gasteiger partial charge in [-0.2, -0.15) is 0 Å². The Bertz CT molecular complexity index is 543. The summed E-state index contributed by atoms with van der Waals surface area (Å²) in [6.45, 7) is 5.02. The van der Waals surface area contributed by atoms with Crippen LogP contribution in [0.3, 0.4) is 0 Å². The molecule has 3 nitrogen and oxygen atoms in total. The molecule has 0 heterocycles. The van der Waals surface area contributed by atoms with Gasteiger partial charge in [0.2, 0.25) is 0 Å². The second-order valence-corrected chi connectivity index (χ2v) is 5.49. The summed E-state index contributed by atoms with van der Waals surface area (Å²) in [6.07, 6.45) is 0. The molecule has 0 amide bonds. The van der Waals surface area contributed by atoms with Gasteiger partial charge in [-0.1, -0.05) is 41.1 Å². The lowest BCUT2D eigenvalue weighted by atomic mass is 10.2. The summed E-state index contributed by atoms with van der Waals surface area (Å²) < 4.78 is 12.3. The predicted molar refractivity (Wildman–Crippen MR) is 89.0 cm³/mol. The molecule has 0 aliphatic heterocycles. The highest BCUT2D eigenvalue weighted by molar-refractivity contribution is 9.10. The minimum Gasteiger partial charge on any atom is -0.490 e. The van der Waals surface area contributed by atoms with E-state index < -0.39 is 0 Å². The Labute approximate surface area is 134 Å². The van der Waals surface area contributed by atoms with Crippen molar-refractivity contribution in [3.8, 4) is 11.5 Å². The maximum Gasteiger partial charge on any atom is 0.122 e. The maximum atomic E-state index is 5.66. The van der Waals surface area contributed by atoms with Crippen LogP contribution in [0.1, 0.15) is 12.5 Å². The molecule has 0 spiro atoms. The summed E-state index contributed by atoms with van der Waals surface area (Å²) >= 11 is 3.42. The molecule has 1 N–H and O–H groups in total. The molecule has 0 fully saturated rings. The van der Waals surface area contributed by atoms with Crippen molar-refractivity contribution in [2.75, 3.05) is 19.8 Å². The highest BCUT2D eigenvalue weighted by Gasteiger charge is 1.97. The molecule has 0 bridgehead atoms. The van der Waals surface area contributed by atoms with Crippen LogP contribution >= 0.6 is 15.9 Å². The number of ether oxygens (including phenoxy) is 2. The molecular formula is C17H20BrNO2. The van der Waals surface area contributed by atoms with Gasteiger partial charge in [-0.15, -0.1) is 0 Å². The van der Waals surface area contributed by atoms with Crippen LogP contribution in [0.5, 0.6) is 11.5 Å². The van der Waals surface area contributed by atoms with Gasteiger partial charge in [-0.05, 0) is 42.4 Å². The molecule has 0 aromatic heterocycles. The van der Waals surface area contributed by atoms with Gasteiger partial charge in [0.25, 0.3) is 0 Å². The van der Waals surface area contributed by atoms with E-state index in [-0.39, 0.29) is 0 Å². The van der Waals surface area contributed by atoms with Crippen LogP contribution in [-0.4, -0.2) is 19.8 Å². The molecule has 0 radical (unpaired) electrons. The molecule has 0 atom stereocenters. The van der Waals surface area contributed by atoms with Crippen molar-refractivity contribution < 1.29 is 9.47 Å². The highest BCUT2D eigenvalue weighted by Crippen LogP contribution is 2.17. The minimum atomic E-state index is 0.523. The highest BCUT2D eigenvalue weighted by atomic mass is 79.9. The number of halogens is 1. The van der Waals surface area contributed by atoms with E-state index in [4.69, 9.17) is 9.47 Å². The Morgan fingerprint density at radius 3 is 2.33 bits per heavy atom. The van der Waals surface area contributed by atoms with E-state index in [0.717, 1.165) is 29.1 Å². The number of benzene rings is 2. The fourth-order valence-corrected chi connectivity index (χ4v) is 2.23. The van der Waals surface area contributed by atoms with Crippen molar-refractivity contribution in [3.63, 3.8) is 0 Å². The van der Waals surface area contributed by atoms with Crippen molar-refractivity contribution in [1.29, 1.82) is 0 Å². The minimum absolute atomic E-state index is 0.523. The van der Waals surface area contributed by atoms with E-state index in [0.29, 0.717) is 13.2 Å². The normalized spacial score (nSPS) is 10.4. The SMILES string of the molecule is CCNCc1ccc(OCCOc2cccc(Br)c2)cc1. The zero-order valence-corrected chi connectivity index (χ0v) is 13.7. The van der Waals surface area contributed by atoms with E-state index in [1.54, 1.807) is 0 Å². The lowest BCUT2D eigenvalue weighted by Gasteiger charge is -2.09. The fraction of sp³-hybridized carbons (Fsp3) is 0.294. The summed E-state index contributed by atoms with van der Waals surface area (Å²) in [5.41, 5.74) is 1.26. The number of hydrogen-bond acceptors (Lipinski definition) is 3. The smallest absolute Gasteiger partial charge is 0.122 e. The molecule has 4 heteroatoms. The molecule has 0 aliphatic rings. The van der Waals surface area contributed by atoms with Crippen molar-refractivity contribution in [2.24, 2.45) is 0 Å². The lowest BCUT2D eigenvalue weighted by molar-refractivity contribution is 0.217. The topological polar surface area (TPSA) is 30.5 Å². The zero-order chi connectivity index (χ0) is 14.9. The molecule has 2 aromatic rings. The second-order valence-electron chi connectivity index (χ2n) is 4.58. The summed E-state index contributed by atoms with van der Waals surface area (Å²) in [7, 11) is 0. The van der Waals surface area contributed by atoms with Crippen molar-refractivity contribution in [3.05, 3.63) is 58.6 Å². The Morgan fingerprint density at radius 2 is 1.67 bits per heavy atom. The maximum absolute atomic E-state index is 5.66. The Morgan fingerprint density at radius 1 is 0.952 bits per heavy atom. The lowest BCUT2D eigenvalue weighted by Crippen LogP contribution is -2.11. The van der Waals surface area contributed by atoms with E-state index in [1.807, 2.05) is 36.4 Å². The molecule has 2 rings (SSSR count). The Hall–Kier alpha value is -1.52. The third kappa shape index (κ3) is 5.78. The Kier molecular flexibility index (Phi) is 6.57. The van der Waals surface area contributed by atoms with Gasteiger partial charge in [0.1, 0.15) is 24.7 Å². The van der Waals surface area contributed by atoms with Gasteiger partial charge in [0, 0.05) is 11.0 Å². The zero-order valence-electron chi connectivity index (χ0n) is 12.1. The van der Waals surface area contributed by atoms with Crippen molar-refractivity contribution in [2.45, 2.75) is 13.5 Å². The van der Waals surface area contributed by atoms with E-state index in [2.05, 4.69) is 40.3 Å². The van der Waals surface area contributed by atoms with Crippen molar-refractivity contribution >= 4 is 15.9 Å². The second kappa shape index (κ2) is 8.70. The van der Waals surface area contributed by atoms with Crippen LogP contribution in [0.4, 0.5) is 0 Å². The molecular weight excluding hydrogens is 330 g/mol. The molecule has 112 valence electrons. The average molecular weight is 350 g/mol. The van der Waals surface area contributed by atoms with Crippen LogP contribution in [0.15, 0.2) is 53.0 Å². The molecule has 0 saturated heterocycles. The van der Waals surface area contributed by atoms with Gasteiger partial charge in [-0.25, -0.2) is 0 Å². The summed E-state index contributed by atoms with van der Waals surface area (Å²) in [5.74, 6) is 1.71. The van der Waals surface area contributed by atoms with Crippen LogP contribution in [0.2, 0.25) is 0 Å². The van der Waals surface area contributed by atoms with Gasteiger partial charge in [0.05, 0.1) is 0 Å². The third-order valence-corrected chi connectivity index (χ3v) is 3.41. The fourth-order valence-electron chi connectivity index (χ4n) is 1.85. The molecule has 2 aromatic carbocycles. The predicted octanol–water partition coefficient (Wildman–Crippen LogP) is 4.02. The van der Waals surface area contributed by atoms with Crippen LogP contribution in [0.25, 0.3) is 0 Å². The number of rotatable bonds is 8. The molecule has 0 aliphatic carbocycles. The monoisotopic (exact) mass is 349 g/mol. The first kappa shape index (κ1) is 15.9. The van der Waals surface area contributed by atoms with E-state index in [9.17, 15) is 0 Å². The molecule has 0 saturated carbocycles. The third-order valence-electron chi connectivity index (χ3n) is 2.92. The van der Waals surface area contributed by atoms with Crippen LogP contribution < -0.4 is 14.8 Å². The quantitative estimate of drug-likeness (QED) is 0.730. The summed E-state index contributed by atoms with van der Waals surface area (Å²) in [5, 5.41) is 3.29. The van der Waals surface area contributed by atoms with Gasteiger partial charge in [0.15, 0.2) is 0 Å². The first-order valence-electron chi connectivity index (χ1n) is 7.09. The standard InChI is InChI=1S/C17H20BrNO2/c1-2-19-13-14-6-8-16(9-7-14)20-10-11-21-17-5-3-4-15(18)12-17/h3-9,12,19H,2,10-11,13H2,1H3. The number of hydrogen-bond donors (Lipinski definition) is 1. The van der Waals surface area contributed by atoms with Gasteiger partial charge in [-0.3, -0.25) is 0 Å². The largest absolute Gasteiger partial charge is 0.490 e. The van der Waals surface area contributed by atoms with Gasteiger partial charge < -0.3 is 14.8 Å².